The molecule has 0 radical (unpaired) electrons. The van der Waals surface area contributed by atoms with E-state index in [1.807, 2.05) is 27.7 Å². The molecule has 0 aliphatic heterocycles. The Morgan fingerprint density at radius 1 is 0.750 bits per heavy atom. The molecule has 6 nitrogen and oxygen atoms in total. The van der Waals surface area contributed by atoms with Crippen molar-refractivity contribution in [3.63, 3.8) is 0 Å². The molecule has 2 atom stereocenters. The van der Waals surface area contributed by atoms with Crippen LogP contribution in [0.4, 0.5) is 0 Å². The number of hydrogen-bond acceptors (Lipinski definition) is 4. The van der Waals surface area contributed by atoms with E-state index in [0.717, 1.165) is 12.8 Å². The molecule has 2 aliphatic rings. The molecule has 0 saturated heterocycles. The van der Waals surface area contributed by atoms with Gasteiger partial charge < -0.3 is 20.8 Å². The van der Waals surface area contributed by atoms with Gasteiger partial charge in [-0.05, 0) is 50.4 Å². The molecule has 2 aliphatic carbocycles. The first-order valence-corrected chi connectivity index (χ1v) is 9.15. The maximum absolute atomic E-state index is 12.3. The summed E-state index contributed by atoms with van der Waals surface area (Å²) in [4.78, 5) is 24.6. The first-order valence-electron chi connectivity index (χ1n) is 9.15. The molecular formula is C18H32N2O4. The number of amides is 2. The van der Waals surface area contributed by atoms with E-state index in [0.29, 0.717) is 25.7 Å². The van der Waals surface area contributed by atoms with Crippen molar-refractivity contribution >= 4 is 11.8 Å². The van der Waals surface area contributed by atoms with E-state index in [2.05, 4.69) is 10.6 Å². The predicted octanol–water partition coefficient (Wildman–Crippen LogP) is 1.10. The Kier molecular flexibility index (Phi) is 5.60. The number of aliphatic hydroxyl groups is 2. The highest BCUT2D eigenvalue weighted by Gasteiger charge is 2.47. The molecule has 2 rings (SSSR count). The second kappa shape index (κ2) is 7.00. The van der Waals surface area contributed by atoms with E-state index in [9.17, 15) is 19.8 Å². The zero-order valence-electron chi connectivity index (χ0n) is 15.3. The SMILES string of the molecule is CC(C)[C@@H](NC(=O)C(=O)N[C@H](C(C)C)C1(O)CCC1)C1(O)CCC1. The van der Waals surface area contributed by atoms with Crippen molar-refractivity contribution in [2.45, 2.75) is 89.5 Å². The minimum atomic E-state index is -0.909. The molecule has 4 N–H and O–H groups in total. The van der Waals surface area contributed by atoms with Crippen LogP contribution in [0.1, 0.15) is 66.2 Å². The van der Waals surface area contributed by atoms with Crippen molar-refractivity contribution in [3.05, 3.63) is 0 Å². The third-order valence-corrected chi connectivity index (χ3v) is 5.71. The molecule has 2 saturated carbocycles. The van der Waals surface area contributed by atoms with Gasteiger partial charge in [0.2, 0.25) is 0 Å². The summed E-state index contributed by atoms with van der Waals surface area (Å²) in [6.07, 6.45) is 4.45. The van der Waals surface area contributed by atoms with Crippen LogP contribution < -0.4 is 10.6 Å². The van der Waals surface area contributed by atoms with Gasteiger partial charge in [0.05, 0.1) is 23.3 Å². The second-order valence-corrected chi connectivity index (χ2v) is 8.30. The summed E-state index contributed by atoms with van der Waals surface area (Å²) >= 11 is 0. The van der Waals surface area contributed by atoms with Crippen LogP contribution in [0.15, 0.2) is 0 Å². The molecule has 2 amide bonds. The molecule has 0 aromatic heterocycles. The molecule has 0 aromatic rings. The third kappa shape index (κ3) is 3.75. The van der Waals surface area contributed by atoms with Gasteiger partial charge >= 0.3 is 11.8 Å². The van der Waals surface area contributed by atoms with Crippen molar-refractivity contribution in [2.24, 2.45) is 11.8 Å². The molecule has 24 heavy (non-hydrogen) atoms. The highest BCUT2D eigenvalue weighted by atomic mass is 16.3. The first kappa shape index (κ1) is 19.2. The van der Waals surface area contributed by atoms with Crippen molar-refractivity contribution in [1.29, 1.82) is 0 Å². The Morgan fingerprint density at radius 3 is 1.21 bits per heavy atom. The van der Waals surface area contributed by atoms with E-state index in [4.69, 9.17) is 0 Å². The minimum Gasteiger partial charge on any atom is -0.388 e. The predicted molar refractivity (Wildman–Crippen MR) is 91.1 cm³/mol. The highest BCUT2D eigenvalue weighted by Crippen LogP contribution is 2.38. The number of rotatable bonds is 6. The highest BCUT2D eigenvalue weighted by molar-refractivity contribution is 6.35. The minimum absolute atomic E-state index is 0.0313. The van der Waals surface area contributed by atoms with Crippen LogP contribution in [0.5, 0.6) is 0 Å². The lowest BCUT2D eigenvalue weighted by atomic mass is 9.71. The summed E-state index contributed by atoms with van der Waals surface area (Å²) in [6.45, 7) is 7.70. The fraction of sp³-hybridized carbons (Fsp3) is 0.889. The average Bonchev–Trinajstić information content (AvgIpc) is 2.44. The zero-order valence-corrected chi connectivity index (χ0v) is 15.3. The van der Waals surface area contributed by atoms with E-state index in [-0.39, 0.29) is 11.8 Å². The van der Waals surface area contributed by atoms with Crippen LogP contribution in [-0.2, 0) is 9.59 Å². The van der Waals surface area contributed by atoms with Gasteiger partial charge in [-0.3, -0.25) is 9.59 Å². The summed E-state index contributed by atoms with van der Waals surface area (Å²) in [5.74, 6) is -1.40. The van der Waals surface area contributed by atoms with Gasteiger partial charge in [0.25, 0.3) is 0 Å². The van der Waals surface area contributed by atoms with Gasteiger partial charge in [0.1, 0.15) is 0 Å². The first-order chi connectivity index (χ1) is 11.1. The van der Waals surface area contributed by atoms with E-state index < -0.39 is 35.1 Å². The quantitative estimate of drug-likeness (QED) is 0.544. The molecule has 2 fully saturated rings. The van der Waals surface area contributed by atoms with Gasteiger partial charge in [-0.2, -0.15) is 0 Å². The number of carbonyl (C=O) groups is 2. The van der Waals surface area contributed by atoms with Crippen LogP contribution in [0.25, 0.3) is 0 Å². The van der Waals surface area contributed by atoms with Crippen LogP contribution in [0.2, 0.25) is 0 Å². The largest absolute Gasteiger partial charge is 0.388 e. The number of hydrogen-bond donors (Lipinski definition) is 4. The Labute approximate surface area is 144 Å². The topological polar surface area (TPSA) is 98.7 Å². The van der Waals surface area contributed by atoms with Gasteiger partial charge in [0, 0.05) is 0 Å². The summed E-state index contributed by atoms with van der Waals surface area (Å²) in [6, 6.07) is -0.873. The second-order valence-electron chi connectivity index (χ2n) is 8.30. The average molecular weight is 340 g/mol. The molecule has 0 spiro atoms. The normalized spacial score (nSPS) is 23.8. The lowest BCUT2D eigenvalue weighted by Gasteiger charge is -2.46. The molecular weight excluding hydrogens is 308 g/mol. The summed E-state index contributed by atoms with van der Waals surface area (Å²) in [5, 5.41) is 26.5. The van der Waals surface area contributed by atoms with Crippen LogP contribution in [0, 0.1) is 11.8 Å². The maximum atomic E-state index is 12.3. The lowest BCUT2D eigenvalue weighted by Crippen LogP contribution is -2.63. The lowest BCUT2D eigenvalue weighted by molar-refractivity contribution is -0.146. The Morgan fingerprint density at radius 2 is 1.04 bits per heavy atom. The molecule has 0 unspecified atom stereocenters. The summed E-state index contributed by atoms with van der Waals surface area (Å²) in [7, 11) is 0. The van der Waals surface area contributed by atoms with Gasteiger partial charge in [-0.1, -0.05) is 27.7 Å². The van der Waals surface area contributed by atoms with Crippen molar-refractivity contribution in [3.8, 4) is 0 Å². The summed E-state index contributed by atoms with van der Waals surface area (Å²) < 4.78 is 0. The summed E-state index contributed by atoms with van der Waals surface area (Å²) in [5.41, 5.74) is -1.82. The Hall–Kier alpha value is -1.14. The molecule has 138 valence electrons. The molecule has 0 aromatic carbocycles. The maximum Gasteiger partial charge on any atom is 0.309 e. The van der Waals surface area contributed by atoms with Crippen molar-refractivity contribution < 1.29 is 19.8 Å². The fourth-order valence-corrected chi connectivity index (χ4v) is 3.96. The smallest absolute Gasteiger partial charge is 0.309 e. The monoisotopic (exact) mass is 340 g/mol. The van der Waals surface area contributed by atoms with Crippen molar-refractivity contribution in [2.75, 3.05) is 0 Å². The van der Waals surface area contributed by atoms with E-state index in [1.165, 1.54) is 0 Å². The molecule has 6 heteroatoms. The fourth-order valence-electron chi connectivity index (χ4n) is 3.96. The van der Waals surface area contributed by atoms with E-state index >= 15 is 0 Å². The van der Waals surface area contributed by atoms with Crippen molar-refractivity contribution in [1.82, 2.24) is 10.6 Å². The molecule has 0 bridgehead atoms. The zero-order chi connectivity index (χ0) is 18.1. The van der Waals surface area contributed by atoms with Gasteiger partial charge in [-0.25, -0.2) is 0 Å². The van der Waals surface area contributed by atoms with Crippen LogP contribution in [0.3, 0.4) is 0 Å². The van der Waals surface area contributed by atoms with Gasteiger partial charge in [-0.15, -0.1) is 0 Å². The Bertz CT molecular complexity index is 437. The van der Waals surface area contributed by atoms with E-state index in [1.54, 1.807) is 0 Å². The number of nitrogens with one attached hydrogen (secondary N) is 2. The number of carbonyl (C=O) groups excluding carboxylic acids is 2. The Balaban J connectivity index is 1.99. The molecule has 0 heterocycles. The van der Waals surface area contributed by atoms with Gasteiger partial charge in [0.15, 0.2) is 0 Å². The standard InChI is InChI=1S/C18H32N2O4/c1-11(2)13(17(23)7-5-8-17)19-15(21)16(22)20-14(12(3)4)18(24)9-6-10-18/h11-14,23-24H,5-10H2,1-4H3,(H,19,21)(H,20,22)/t13-,14-/m1/s1. The third-order valence-electron chi connectivity index (χ3n) is 5.71. The van der Waals surface area contributed by atoms with Crippen LogP contribution >= 0.6 is 0 Å². The van der Waals surface area contributed by atoms with Crippen LogP contribution in [-0.4, -0.2) is 45.3 Å².